The number of halogens is 1. The molecule has 3 atom stereocenters. The molecule has 2 aromatic carbocycles. The van der Waals surface area contributed by atoms with Crippen LogP contribution in [-0.2, 0) is 4.74 Å². The van der Waals surface area contributed by atoms with Crippen LogP contribution in [0.25, 0.3) is 0 Å². The normalized spacial score (nSPS) is 25.4. The first kappa shape index (κ1) is 15.0. The number of hydrogen-bond acceptors (Lipinski definition) is 3. The number of anilines is 1. The average molecular weight is 374 g/mol. The van der Waals surface area contributed by atoms with E-state index >= 15 is 0 Å². The smallest absolute Gasteiger partial charge is 0.124 e. The lowest BCUT2D eigenvalue weighted by Crippen LogP contribution is -2.29. The molecular formula is C19H20BrNO2. The third-order valence-corrected chi connectivity index (χ3v) is 5.41. The predicted molar refractivity (Wildman–Crippen MR) is 95.0 cm³/mol. The topological polar surface area (TPSA) is 30.5 Å². The summed E-state index contributed by atoms with van der Waals surface area (Å²) in [6, 6.07) is 13.0. The van der Waals surface area contributed by atoms with Crippen LogP contribution in [0.3, 0.4) is 0 Å². The fraction of sp³-hybridized carbons (Fsp3) is 0.368. The van der Waals surface area contributed by atoms with Gasteiger partial charge in [0, 0.05) is 33.8 Å². The Kier molecular flexibility index (Phi) is 3.82. The molecule has 0 aromatic heterocycles. The van der Waals surface area contributed by atoms with Crippen molar-refractivity contribution >= 4 is 21.6 Å². The summed E-state index contributed by atoms with van der Waals surface area (Å²) in [5, 5.41) is 3.73. The van der Waals surface area contributed by atoms with Gasteiger partial charge in [0.05, 0.1) is 19.3 Å². The highest BCUT2D eigenvalue weighted by Crippen LogP contribution is 2.51. The summed E-state index contributed by atoms with van der Waals surface area (Å²) in [6.07, 6.45) is 1.23. The molecule has 2 aromatic rings. The number of hydrogen-bond donors (Lipinski definition) is 1. The quantitative estimate of drug-likeness (QED) is 0.802. The molecule has 1 saturated heterocycles. The molecule has 23 heavy (non-hydrogen) atoms. The van der Waals surface area contributed by atoms with Gasteiger partial charge >= 0.3 is 0 Å². The van der Waals surface area contributed by atoms with Crippen LogP contribution in [0.1, 0.15) is 35.3 Å². The van der Waals surface area contributed by atoms with Crippen molar-refractivity contribution in [3.05, 3.63) is 57.6 Å². The maximum atomic E-state index is 6.10. The first-order valence-electron chi connectivity index (χ1n) is 7.99. The lowest BCUT2D eigenvalue weighted by Gasteiger charge is -2.37. The first-order valence-corrected chi connectivity index (χ1v) is 8.79. The van der Waals surface area contributed by atoms with E-state index in [2.05, 4.69) is 52.4 Å². The Bertz CT molecular complexity index is 746. The maximum absolute atomic E-state index is 6.10. The van der Waals surface area contributed by atoms with Gasteiger partial charge in [0.1, 0.15) is 5.75 Å². The van der Waals surface area contributed by atoms with E-state index in [-0.39, 0.29) is 12.1 Å². The van der Waals surface area contributed by atoms with Crippen molar-refractivity contribution < 1.29 is 9.47 Å². The number of benzene rings is 2. The predicted octanol–water partition coefficient (Wildman–Crippen LogP) is 5.01. The average Bonchev–Trinajstić information content (AvgIpc) is 3.04. The van der Waals surface area contributed by atoms with E-state index in [0.29, 0.717) is 5.92 Å². The van der Waals surface area contributed by atoms with Crippen molar-refractivity contribution in [1.82, 2.24) is 0 Å². The molecule has 1 N–H and O–H groups in total. The van der Waals surface area contributed by atoms with Gasteiger partial charge in [0.2, 0.25) is 0 Å². The van der Waals surface area contributed by atoms with Gasteiger partial charge in [-0.3, -0.25) is 0 Å². The molecule has 120 valence electrons. The minimum atomic E-state index is 0.167. The summed E-state index contributed by atoms with van der Waals surface area (Å²) < 4.78 is 12.8. The summed E-state index contributed by atoms with van der Waals surface area (Å²) in [7, 11) is 1.73. The number of ether oxygens (including phenoxy) is 2. The summed E-state index contributed by atoms with van der Waals surface area (Å²) in [5.74, 6) is 1.35. The molecule has 3 nitrogen and oxygen atoms in total. The number of fused-ring (bicyclic) bond motifs is 3. The molecule has 0 amide bonds. The van der Waals surface area contributed by atoms with E-state index in [1.807, 2.05) is 12.1 Å². The summed E-state index contributed by atoms with van der Waals surface area (Å²) in [5.41, 5.74) is 4.93. The highest BCUT2D eigenvalue weighted by atomic mass is 79.9. The van der Waals surface area contributed by atoms with Crippen LogP contribution in [0.5, 0.6) is 5.75 Å². The zero-order chi connectivity index (χ0) is 16.0. The van der Waals surface area contributed by atoms with E-state index in [9.17, 15) is 0 Å². The van der Waals surface area contributed by atoms with Crippen molar-refractivity contribution in [2.75, 3.05) is 19.0 Å². The first-order chi connectivity index (χ1) is 11.2. The zero-order valence-electron chi connectivity index (χ0n) is 13.3. The Labute approximate surface area is 145 Å². The van der Waals surface area contributed by atoms with Crippen molar-refractivity contribution in [3.8, 4) is 5.75 Å². The zero-order valence-corrected chi connectivity index (χ0v) is 14.9. The Morgan fingerprint density at radius 2 is 2.04 bits per heavy atom. The molecule has 2 aliphatic rings. The number of methoxy groups -OCH3 is 1. The Morgan fingerprint density at radius 3 is 2.87 bits per heavy atom. The molecule has 0 radical (unpaired) electrons. The fourth-order valence-electron chi connectivity index (χ4n) is 3.85. The van der Waals surface area contributed by atoms with Crippen molar-refractivity contribution in [2.45, 2.75) is 25.5 Å². The van der Waals surface area contributed by atoms with Crippen LogP contribution in [0, 0.1) is 12.8 Å². The lowest BCUT2D eigenvalue weighted by atomic mass is 9.80. The molecule has 2 aliphatic heterocycles. The molecule has 0 saturated carbocycles. The third kappa shape index (κ3) is 2.54. The van der Waals surface area contributed by atoms with Gasteiger partial charge in [0.15, 0.2) is 0 Å². The summed E-state index contributed by atoms with van der Waals surface area (Å²) >= 11 is 3.59. The lowest BCUT2D eigenvalue weighted by molar-refractivity contribution is 0.0826. The number of rotatable bonds is 2. The monoisotopic (exact) mass is 373 g/mol. The Hall–Kier alpha value is -1.52. The van der Waals surface area contributed by atoms with Crippen LogP contribution in [0.4, 0.5) is 5.69 Å². The van der Waals surface area contributed by atoms with Crippen LogP contribution >= 0.6 is 15.9 Å². The van der Waals surface area contributed by atoms with Gasteiger partial charge in [-0.25, -0.2) is 0 Å². The van der Waals surface area contributed by atoms with Gasteiger partial charge in [-0.1, -0.05) is 33.6 Å². The maximum Gasteiger partial charge on any atom is 0.124 e. The van der Waals surface area contributed by atoms with Gasteiger partial charge < -0.3 is 14.8 Å². The number of aryl methyl sites for hydroxylation is 1. The molecule has 1 fully saturated rings. The van der Waals surface area contributed by atoms with Crippen molar-refractivity contribution in [2.24, 2.45) is 5.92 Å². The van der Waals surface area contributed by atoms with Gasteiger partial charge in [-0.2, -0.15) is 0 Å². The molecule has 4 rings (SSSR count). The van der Waals surface area contributed by atoms with E-state index in [1.165, 1.54) is 22.4 Å². The second-order valence-corrected chi connectivity index (χ2v) is 7.26. The van der Waals surface area contributed by atoms with Crippen molar-refractivity contribution in [1.29, 1.82) is 0 Å². The minimum absolute atomic E-state index is 0.167. The third-order valence-electron chi connectivity index (χ3n) is 4.92. The molecule has 0 aliphatic carbocycles. The van der Waals surface area contributed by atoms with E-state index in [1.54, 1.807) is 7.11 Å². The molecule has 0 spiro atoms. The van der Waals surface area contributed by atoms with E-state index < -0.39 is 0 Å². The molecule has 2 heterocycles. The van der Waals surface area contributed by atoms with Crippen LogP contribution in [0.2, 0.25) is 0 Å². The minimum Gasteiger partial charge on any atom is -0.496 e. The molecule has 4 heteroatoms. The second-order valence-electron chi connectivity index (χ2n) is 6.34. The standard InChI is InChI=1S/C19H20BrNO2/c1-11-3-5-16-14(9-11)19-13(7-8-23-19)18(21-16)15-10-12(20)4-6-17(15)22-2/h3-6,9-10,13,18-19,21H,7-8H2,1-2H3/t13-,18?,19-/m0/s1. The van der Waals surface area contributed by atoms with Crippen LogP contribution in [-0.4, -0.2) is 13.7 Å². The SMILES string of the molecule is COc1ccc(Br)cc1C1Nc2ccc(C)cc2[C@H]2OCC[C@@H]12. The van der Waals surface area contributed by atoms with Crippen molar-refractivity contribution in [3.63, 3.8) is 0 Å². The highest BCUT2D eigenvalue weighted by Gasteiger charge is 2.42. The second kappa shape index (κ2) is 5.84. The Balaban J connectivity index is 1.82. The summed E-state index contributed by atoms with van der Waals surface area (Å²) in [6.45, 7) is 2.95. The van der Waals surface area contributed by atoms with Gasteiger partial charge in [-0.15, -0.1) is 0 Å². The van der Waals surface area contributed by atoms with Crippen LogP contribution in [0.15, 0.2) is 40.9 Å². The van der Waals surface area contributed by atoms with Gasteiger partial charge in [0.25, 0.3) is 0 Å². The fourth-order valence-corrected chi connectivity index (χ4v) is 4.23. The van der Waals surface area contributed by atoms with Gasteiger partial charge in [-0.05, 0) is 37.6 Å². The Morgan fingerprint density at radius 1 is 1.17 bits per heavy atom. The summed E-state index contributed by atoms with van der Waals surface area (Å²) in [4.78, 5) is 0. The molecule has 0 bridgehead atoms. The largest absolute Gasteiger partial charge is 0.496 e. The van der Waals surface area contributed by atoms with E-state index in [4.69, 9.17) is 9.47 Å². The molecule has 1 unspecified atom stereocenters. The van der Waals surface area contributed by atoms with E-state index in [0.717, 1.165) is 23.2 Å². The number of nitrogens with one attached hydrogen (secondary N) is 1. The van der Waals surface area contributed by atoms with Crippen LogP contribution < -0.4 is 10.1 Å². The highest BCUT2D eigenvalue weighted by molar-refractivity contribution is 9.10. The molecular weight excluding hydrogens is 354 g/mol.